The molecule has 28 heavy (non-hydrogen) atoms. The molecule has 6 heteroatoms. The van der Waals surface area contributed by atoms with Crippen molar-refractivity contribution in [1.82, 2.24) is 14.8 Å². The number of aromatic nitrogens is 3. The summed E-state index contributed by atoms with van der Waals surface area (Å²) in [6.07, 6.45) is 2.44. The monoisotopic (exact) mass is 395 g/mol. The fourth-order valence-electron chi connectivity index (χ4n) is 3.06. The minimum atomic E-state index is 0.575. The van der Waals surface area contributed by atoms with E-state index in [0.717, 1.165) is 34.8 Å². The number of benzene rings is 2. The van der Waals surface area contributed by atoms with E-state index in [4.69, 9.17) is 9.47 Å². The Labute approximate surface area is 170 Å². The highest BCUT2D eigenvalue weighted by Crippen LogP contribution is 2.40. The highest BCUT2D eigenvalue weighted by molar-refractivity contribution is 7.99. The first-order chi connectivity index (χ1) is 13.8. The zero-order valence-electron chi connectivity index (χ0n) is 16.1. The predicted octanol–water partition coefficient (Wildman–Crippen LogP) is 4.77. The van der Waals surface area contributed by atoms with E-state index in [1.54, 1.807) is 11.8 Å². The van der Waals surface area contributed by atoms with Gasteiger partial charge in [-0.3, -0.25) is 0 Å². The summed E-state index contributed by atoms with van der Waals surface area (Å²) in [5, 5.41) is 9.90. The molecular formula is C22H25N3O2S. The zero-order valence-corrected chi connectivity index (χ0v) is 16.9. The number of nitrogens with zero attached hydrogens (tertiary/aromatic N) is 3. The third-order valence-electron chi connectivity index (χ3n) is 4.59. The number of hydrogen-bond acceptors (Lipinski definition) is 5. The Hall–Kier alpha value is -2.47. The van der Waals surface area contributed by atoms with E-state index in [1.165, 1.54) is 18.4 Å². The molecule has 1 aliphatic rings. The van der Waals surface area contributed by atoms with Gasteiger partial charge in [0.15, 0.2) is 5.16 Å². The maximum atomic E-state index is 5.85. The van der Waals surface area contributed by atoms with Crippen LogP contribution in [-0.2, 0) is 6.54 Å². The summed E-state index contributed by atoms with van der Waals surface area (Å²) in [7, 11) is 0. The van der Waals surface area contributed by atoms with Crippen LogP contribution in [0.5, 0.6) is 11.5 Å². The van der Waals surface area contributed by atoms with E-state index in [1.807, 2.05) is 37.3 Å². The number of thioether (sulfide) groups is 1. The lowest BCUT2D eigenvalue weighted by Crippen LogP contribution is -2.07. The summed E-state index contributed by atoms with van der Waals surface area (Å²) in [5.74, 6) is 4.24. The molecule has 0 atom stereocenters. The second-order valence-electron chi connectivity index (χ2n) is 6.79. The van der Waals surface area contributed by atoms with Crippen LogP contribution in [0.2, 0.25) is 0 Å². The molecule has 1 fully saturated rings. The first-order valence-electron chi connectivity index (χ1n) is 9.79. The Kier molecular flexibility index (Phi) is 6.17. The first kappa shape index (κ1) is 18.9. The van der Waals surface area contributed by atoms with Gasteiger partial charge in [0.1, 0.15) is 17.3 Å². The molecule has 0 N–H and O–H groups in total. The summed E-state index contributed by atoms with van der Waals surface area (Å²) < 4.78 is 13.6. The van der Waals surface area contributed by atoms with Crippen molar-refractivity contribution in [3.8, 4) is 11.5 Å². The zero-order chi connectivity index (χ0) is 19.2. The summed E-state index contributed by atoms with van der Waals surface area (Å²) in [4.78, 5) is 0. The van der Waals surface area contributed by atoms with Gasteiger partial charge in [-0.2, -0.15) is 0 Å². The number of rotatable bonds is 10. The Bertz CT molecular complexity index is 877. The van der Waals surface area contributed by atoms with Gasteiger partial charge in [-0.15, -0.1) is 10.2 Å². The molecule has 1 saturated carbocycles. The van der Waals surface area contributed by atoms with Crippen molar-refractivity contribution in [1.29, 1.82) is 0 Å². The molecule has 0 amide bonds. The molecule has 4 rings (SSSR count). The summed E-state index contributed by atoms with van der Waals surface area (Å²) in [5.41, 5.74) is 1.27. The summed E-state index contributed by atoms with van der Waals surface area (Å²) in [6.45, 7) is 4.09. The van der Waals surface area contributed by atoms with Crippen molar-refractivity contribution in [3.63, 3.8) is 0 Å². The third kappa shape index (κ3) is 4.87. The molecule has 0 unspecified atom stereocenters. The molecule has 1 aromatic heterocycles. The van der Waals surface area contributed by atoms with Crippen LogP contribution < -0.4 is 9.47 Å². The quantitative estimate of drug-likeness (QED) is 0.365. The molecule has 3 aromatic rings. The van der Waals surface area contributed by atoms with Gasteiger partial charge in [0.25, 0.3) is 0 Å². The second-order valence-corrected chi connectivity index (χ2v) is 7.85. The standard InChI is InChI=1S/C22H25N3O2S/c1-2-26-19-10-12-20(13-11-19)27-14-15-28-22-24-23-21(18-8-9-18)25(22)16-17-6-4-3-5-7-17/h3-7,10-13,18H,2,8-9,14-16H2,1H3. The van der Waals surface area contributed by atoms with Crippen LogP contribution in [0, 0.1) is 0 Å². The van der Waals surface area contributed by atoms with E-state index in [-0.39, 0.29) is 0 Å². The fourth-order valence-corrected chi connectivity index (χ4v) is 3.82. The van der Waals surface area contributed by atoms with E-state index < -0.39 is 0 Å². The molecule has 5 nitrogen and oxygen atoms in total. The Morgan fingerprint density at radius 1 is 0.964 bits per heavy atom. The average Bonchev–Trinajstić information content (AvgIpc) is 3.50. The van der Waals surface area contributed by atoms with Crippen molar-refractivity contribution < 1.29 is 9.47 Å². The normalized spacial score (nSPS) is 13.5. The van der Waals surface area contributed by atoms with Crippen LogP contribution in [-0.4, -0.2) is 33.7 Å². The lowest BCUT2D eigenvalue weighted by Gasteiger charge is -2.10. The average molecular weight is 396 g/mol. The highest BCUT2D eigenvalue weighted by Gasteiger charge is 2.30. The molecule has 1 aliphatic carbocycles. The molecule has 0 saturated heterocycles. The molecular weight excluding hydrogens is 370 g/mol. The van der Waals surface area contributed by atoms with Crippen molar-refractivity contribution in [2.75, 3.05) is 19.0 Å². The number of hydrogen-bond donors (Lipinski definition) is 0. The van der Waals surface area contributed by atoms with Crippen LogP contribution in [0.4, 0.5) is 0 Å². The maximum Gasteiger partial charge on any atom is 0.191 e. The van der Waals surface area contributed by atoms with Crippen LogP contribution in [0.25, 0.3) is 0 Å². The molecule has 0 radical (unpaired) electrons. The Morgan fingerprint density at radius 3 is 2.36 bits per heavy atom. The molecule has 0 bridgehead atoms. The van der Waals surface area contributed by atoms with E-state index in [9.17, 15) is 0 Å². The molecule has 1 heterocycles. The van der Waals surface area contributed by atoms with Gasteiger partial charge in [-0.1, -0.05) is 42.1 Å². The smallest absolute Gasteiger partial charge is 0.191 e. The second kappa shape index (κ2) is 9.15. The van der Waals surface area contributed by atoms with E-state index in [2.05, 4.69) is 39.0 Å². The fraction of sp³-hybridized carbons (Fsp3) is 0.364. The highest BCUT2D eigenvalue weighted by atomic mass is 32.2. The van der Waals surface area contributed by atoms with E-state index >= 15 is 0 Å². The van der Waals surface area contributed by atoms with Crippen molar-refractivity contribution in [3.05, 3.63) is 66.0 Å². The molecule has 146 valence electrons. The summed E-state index contributed by atoms with van der Waals surface area (Å²) in [6, 6.07) is 18.3. The van der Waals surface area contributed by atoms with Crippen LogP contribution in [0.3, 0.4) is 0 Å². The lowest BCUT2D eigenvalue weighted by molar-refractivity contribution is 0.332. The number of ether oxygens (including phenoxy) is 2. The van der Waals surface area contributed by atoms with Gasteiger partial charge in [-0.25, -0.2) is 0 Å². The van der Waals surface area contributed by atoms with Crippen molar-refractivity contribution in [2.24, 2.45) is 0 Å². The summed E-state index contributed by atoms with van der Waals surface area (Å²) >= 11 is 1.70. The van der Waals surface area contributed by atoms with Crippen LogP contribution >= 0.6 is 11.8 Å². The van der Waals surface area contributed by atoms with Crippen molar-refractivity contribution >= 4 is 11.8 Å². The molecule has 0 spiro atoms. The van der Waals surface area contributed by atoms with Crippen molar-refractivity contribution in [2.45, 2.75) is 37.4 Å². The topological polar surface area (TPSA) is 49.2 Å². The van der Waals surface area contributed by atoms with Gasteiger partial charge in [0, 0.05) is 11.7 Å². The Balaban J connectivity index is 1.34. The van der Waals surface area contributed by atoms with Gasteiger partial charge < -0.3 is 14.0 Å². The minimum absolute atomic E-state index is 0.575. The Morgan fingerprint density at radius 2 is 1.68 bits per heavy atom. The van der Waals surface area contributed by atoms with Gasteiger partial charge in [-0.05, 0) is 49.6 Å². The first-order valence-corrected chi connectivity index (χ1v) is 10.8. The van der Waals surface area contributed by atoms with E-state index in [0.29, 0.717) is 19.1 Å². The molecule has 2 aromatic carbocycles. The van der Waals surface area contributed by atoms with Gasteiger partial charge >= 0.3 is 0 Å². The SMILES string of the molecule is CCOc1ccc(OCCSc2nnc(C3CC3)n2Cc2ccccc2)cc1. The van der Waals surface area contributed by atoms with Crippen LogP contribution in [0.15, 0.2) is 59.8 Å². The predicted molar refractivity (Wildman–Crippen MR) is 111 cm³/mol. The van der Waals surface area contributed by atoms with Gasteiger partial charge in [0.05, 0.1) is 19.8 Å². The minimum Gasteiger partial charge on any atom is -0.494 e. The maximum absolute atomic E-state index is 5.85. The van der Waals surface area contributed by atoms with Gasteiger partial charge in [0.2, 0.25) is 0 Å². The largest absolute Gasteiger partial charge is 0.494 e. The third-order valence-corrected chi connectivity index (χ3v) is 5.52. The molecule has 0 aliphatic heterocycles. The lowest BCUT2D eigenvalue weighted by atomic mass is 10.2. The van der Waals surface area contributed by atoms with Crippen LogP contribution in [0.1, 0.15) is 37.1 Å².